The molecule has 0 aliphatic carbocycles. The van der Waals surface area contributed by atoms with Gasteiger partial charge in [0.05, 0.1) is 10.0 Å². The first-order chi connectivity index (χ1) is 6.82. The second kappa shape index (κ2) is 4.52. The third-order valence-electron chi connectivity index (χ3n) is 2.06. The summed E-state index contributed by atoms with van der Waals surface area (Å²) in [5.41, 5.74) is -0.706. The zero-order valence-electron chi connectivity index (χ0n) is 8.55. The van der Waals surface area contributed by atoms with Gasteiger partial charge in [-0.1, -0.05) is 35.3 Å². The van der Waals surface area contributed by atoms with Crippen LogP contribution < -0.4 is 0 Å². The van der Waals surface area contributed by atoms with Gasteiger partial charge in [-0.3, -0.25) is 4.79 Å². The summed E-state index contributed by atoms with van der Waals surface area (Å²) >= 11 is 11.7. The molecule has 1 rings (SSSR count). The number of halogens is 2. The van der Waals surface area contributed by atoms with Gasteiger partial charge < -0.3 is 5.11 Å². The molecular weight excluding hydrogens is 235 g/mol. The number of aliphatic hydroxyl groups is 1. The molecular formula is C11H12Cl2O2. The van der Waals surface area contributed by atoms with Gasteiger partial charge in [-0.2, -0.15) is 0 Å². The molecule has 0 heterocycles. The number of hydrogen-bond donors (Lipinski definition) is 1. The number of rotatable bonds is 3. The van der Waals surface area contributed by atoms with Crippen molar-refractivity contribution in [1.82, 2.24) is 0 Å². The van der Waals surface area contributed by atoms with Crippen LogP contribution in [0.5, 0.6) is 0 Å². The Morgan fingerprint density at radius 3 is 2.53 bits per heavy atom. The minimum atomic E-state index is -1.34. The van der Waals surface area contributed by atoms with E-state index in [-0.39, 0.29) is 12.2 Å². The van der Waals surface area contributed by atoms with Gasteiger partial charge in [-0.15, -0.1) is 0 Å². The van der Waals surface area contributed by atoms with Crippen LogP contribution in [0.4, 0.5) is 0 Å². The van der Waals surface area contributed by atoms with E-state index in [1.54, 1.807) is 18.2 Å². The number of ketones is 1. The van der Waals surface area contributed by atoms with E-state index in [9.17, 15) is 9.90 Å². The lowest BCUT2D eigenvalue weighted by Crippen LogP contribution is -2.32. The number of hydrogen-bond acceptors (Lipinski definition) is 2. The average Bonchev–Trinajstić information content (AvgIpc) is 2.11. The quantitative estimate of drug-likeness (QED) is 0.891. The molecule has 0 aromatic heterocycles. The maximum atomic E-state index is 11.5. The summed E-state index contributed by atoms with van der Waals surface area (Å²) in [6, 6.07) is 5.10. The van der Waals surface area contributed by atoms with Gasteiger partial charge in [-0.05, 0) is 25.5 Å². The molecule has 0 aliphatic heterocycles. The maximum absolute atomic E-state index is 11.5. The highest BCUT2D eigenvalue weighted by molar-refractivity contribution is 6.42. The van der Waals surface area contributed by atoms with Crippen LogP contribution in [0.3, 0.4) is 0 Å². The molecule has 4 heteroatoms. The predicted molar refractivity (Wildman–Crippen MR) is 61.5 cm³/mol. The van der Waals surface area contributed by atoms with Crippen LogP contribution in [0.25, 0.3) is 0 Å². The summed E-state index contributed by atoms with van der Waals surface area (Å²) in [5.74, 6) is -0.285. The van der Waals surface area contributed by atoms with Crippen molar-refractivity contribution in [2.45, 2.75) is 25.9 Å². The SMILES string of the molecule is CC(C)(O)C(=O)Cc1cccc(Cl)c1Cl. The van der Waals surface area contributed by atoms with Crippen molar-refractivity contribution in [2.75, 3.05) is 0 Å². The zero-order chi connectivity index (χ0) is 11.6. The molecule has 0 aliphatic rings. The van der Waals surface area contributed by atoms with Crippen molar-refractivity contribution >= 4 is 29.0 Å². The normalized spacial score (nSPS) is 11.5. The summed E-state index contributed by atoms with van der Waals surface area (Å²) < 4.78 is 0. The highest BCUT2D eigenvalue weighted by Crippen LogP contribution is 2.26. The Balaban J connectivity index is 2.91. The minimum absolute atomic E-state index is 0.0862. The fourth-order valence-electron chi connectivity index (χ4n) is 1.07. The van der Waals surface area contributed by atoms with Gasteiger partial charge in [0.2, 0.25) is 0 Å². The van der Waals surface area contributed by atoms with E-state index in [1.165, 1.54) is 13.8 Å². The molecule has 15 heavy (non-hydrogen) atoms. The number of carbonyl (C=O) groups is 1. The van der Waals surface area contributed by atoms with Gasteiger partial charge in [0.15, 0.2) is 5.78 Å². The van der Waals surface area contributed by atoms with Crippen molar-refractivity contribution in [3.63, 3.8) is 0 Å². The first-order valence-electron chi connectivity index (χ1n) is 4.51. The van der Waals surface area contributed by atoms with E-state index in [0.29, 0.717) is 15.6 Å². The number of Topliss-reactive ketones (excluding diaryl/α,β-unsaturated/α-hetero) is 1. The smallest absolute Gasteiger partial charge is 0.168 e. The maximum Gasteiger partial charge on any atom is 0.168 e. The van der Waals surface area contributed by atoms with Gasteiger partial charge in [0.25, 0.3) is 0 Å². The molecule has 2 nitrogen and oxygen atoms in total. The van der Waals surface area contributed by atoms with E-state index < -0.39 is 5.60 Å². The standard InChI is InChI=1S/C11H12Cl2O2/c1-11(2,15)9(14)6-7-4-3-5-8(12)10(7)13/h3-5,15H,6H2,1-2H3. The Hall–Kier alpha value is -0.570. The molecule has 0 bridgehead atoms. The fraction of sp³-hybridized carbons (Fsp3) is 0.364. The molecule has 0 saturated heterocycles. The summed E-state index contributed by atoms with van der Waals surface area (Å²) in [5, 5.41) is 10.3. The largest absolute Gasteiger partial charge is 0.383 e. The molecule has 0 unspecified atom stereocenters. The van der Waals surface area contributed by atoms with Crippen LogP contribution in [0.1, 0.15) is 19.4 Å². The third kappa shape index (κ3) is 3.20. The zero-order valence-corrected chi connectivity index (χ0v) is 10.1. The molecule has 82 valence electrons. The molecule has 0 atom stereocenters. The first kappa shape index (κ1) is 12.5. The number of carbonyl (C=O) groups excluding carboxylic acids is 1. The predicted octanol–water partition coefficient (Wildman–Crippen LogP) is 2.88. The Kier molecular flexibility index (Phi) is 3.77. The van der Waals surface area contributed by atoms with E-state index in [0.717, 1.165) is 0 Å². The van der Waals surface area contributed by atoms with Crippen LogP contribution in [0.15, 0.2) is 18.2 Å². The summed E-state index contributed by atoms with van der Waals surface area (Å²) in [4.78, 5) is 11.5. The van der Waals surface area contributed by atoms with Gasteiger partial charge >= 0.3 is 0 Å². The van der Waals surface area contributed by atoms with E-state index in [4.69, 9.17) is 23.2 Å². The van der Waals surface area contributed by atoms with Gasteiger partial charge in [0.1, 0.15) is 5.60 Å². The summed E-state index contributed by atoms with van der Waals surface area (Å²) in [7, 11) is 0. The minimum Gasteiger partial charge on any atom is -0.383 e. The van der Waals surface area contributed by atoms with E-state index in [2.05, 4.69) is 0 Å². The number of benzene rings is 1. The van der Waals surface area contributed by atoms with Crippen LogP contribution in [-0.4, -0.2) is 16.5 Å². The second-order valence-electron chi connectivity index (χ2n) is 3.87. The van der Waals surface area contributed by atoms with Crippen LogP contribution >= 0.6 is 23.2 Å². The molecule has 1 aromatic carbocycles. The summed E-state index contributed by atoms with van der Waals surface area (Å²) in [6.45, 7) is 2.90. The van der Waals surface area contributed by atoms with Crippen LogP contribution in [0.2, 0.25) is 10.0 Å². The molecule has 0 saturated carbocycles. The van der Waals surface area contributed by atoms with Gasteiger partial charge in [0, 0.05) is 6.42 Å². The van der Waals surface area contributed by atoms with Crippen molar-refractivity contribution in [1.29, 1.82) is 0 Å². The van der Waals surface area contributed by atoms with Crippen molar-refractivity contribution < 1.29 is 9.90 Å². The molecule has 0 radical (unpaired) electrons. The fourth-order valence-corrected chi connectivity index (χ4v) is 1.46. The third-order valence-corrected chi connectivity index (χ3v) is 2.92. The van der Waals surface area contributed by atoms with Crippen molar-refractivity contribution in [2.24, 2.45) is 0 Å². The van der Waals surface area contributed by atoms with Crippen molar-refractivity contribution in [3.05, 3.63) is 33.8 Å². The molecule has 0 spiro atoms. The Labute approximate surface area is 98.8 Å². The summed E-state index contributed by atoms with van der Waals surface area (Å²) in [6.07, 6.45) is 0.0862. The van der Waals surface area contributed by atoms with Crippen LogP contribution in [-0.2, 0) is 11.2 Å². The van der Waals surface area contributed by atoms with E-state index >= 15 is 0 Å². The van der Waals surface area contributed by atoms with E-state index in [1.807, 2.05) is 0 Å². The Morgan fingerprint density at radius 1 is 1.40 bits per heavy atom. The average molecular weight is 247 g/mol. The van der Waals surface area contributed by atoms with Crippen molar-refractivity contribution in [3.8, 4) is 0 Å². The Bertz CT molecular complexity index is 381. The first-order valence-corrected chi connectivity index (χ1v) is 5.26. The topological polar surface area (TPSA) is 37.3 Å². The van der Waals surface area contributed by atoms with Gasteiger partial charge in [-0.25, -0.2) is 0 Å². The molecule has 0 amide bonds. The monoisotopic (exact) mass is 246 g/mol. The lowest BCUT2D eigenvalue weighted by atomic mass is 9.97. The molecule has 1 N–H and O–H groups in total. The lowest BCUT2D eigenvalue weighted by Gasteiger charge is -2.15. The molecule has 0 fully saturated rings. The van der Waals surface area contributed by atoms with Crippen LogP contribution in [0, 0.1) is 0 Å². The Morgan fingerprint density at radius 2 is 2.00 bits per heavy atom. The highest BCUT2D eigenvalue weighted by atomic mass is 35.5. The highest BCUT2D eigenvalue weighted by Gasteiger charge is 2.24. The lowest BCUT2D eigenvalue weighted by molar-refractivity contribution is -0.133. The second-order valence-corrected chi connectivity index (χ2v) is 4.66. The molecule has 1 aromatic rings.